The predicted molar refractivity (Wildman–Crippen MR) is 94.2 cm³/mol. The maximum absolute atomic E-state index is 12.1. The molecule has 6 nitrogen and oxygen atoms in total. The zero-order valence-corrected chi connectivity index (χ0v) is 14.6. The number of hydrogen-bond acceptors (Lipinski definition) is 4. The number of hydrogen-bond donors (Lipinski definition) is 1. The summed E-state index contributed by atoms with van der Waals surface area (Å²) >= 11 is 2.25. The number of carbonyl (C=O) groups excluding carboxylic acids is 1. The molecule has 23 heavy (non-hydrogen) atoms. The Morgan fingerprint density at radius 3 is 2.57 bits per heavy atom. The molecule has 0 saturated carbocycles. The Morgan fingerprint density at radius 2 is 1.96 bits per heavy atom. The molecule has 0 spiro atoms. The van der Waals surface area contributed by atoms with Crippen LogP contribution in [0.5, 0.6) is 0 Å². The van der Waals surface area contributed by atoms with E-state index in [1.807, 2.05) is 31.2 Å². The molecule has 1 amide bonds. The van der Waals surface area contributed by atoms with Crippen LogP contribution in [0.1, 0.15) is 21.9 Å². The second-order valence-electron chi connectivity index (χ2n) is 4.93. The third-order valence-electron chi connectivity index (χ3n) is 3.32. The summed E-state index contributed by atoms with van der Waals surface area (Å²) in [6.45, 7) is 2.34. The zero-order valence-electron chi connectivity index (χ0n) is 12.4. The molecular weight excluding hydrogens is 405 g/mol. The first-order valence-corrected chi connectivity index (χ1v) is 8.08. The number of imidazole rings is 1. The van der Waals surface area contributed by atoms with Gasteiger partial charge in [0, 0.05) is 22.5 Å². The molecule has 2 aromatic heterocycles. The molecule has 0 atom stereocenters. The molecule has 0 fully saturated rings. The molecule has 1 aromatic carbocycles. The van der Waals surface area contributed by atoms with Crippen molar-refractivity contribution in [1.82, 2.24) is 25.1 Å². The van der Waals surface area contributed by atoms with Crippen molar-refractivity contribution in [3.05, 3.63) is 69.4 Å². The van der Waals surface area contributed by atoms with Crippen LogP contribution in [-0.2, 0) is 6.54 Å². The maximum atomic E-state index is 12.1. The molecule has 0 radical (unpaired) electrons. The molecule has 1 N–H and O–H groups in total. The SMILES string of the molecule is Cc1nccn1-c1ccc(C(=O)NCc2ccc(I)cc2)nn1. The van der Waals surface area contributed by atoms with E-state index < -0.39 is 0 Å². The number of benzene rings is 1. The number of aromatic nitrogens is 4. The lowest BCUT2D eigenvalue weighted by molar-refractivity contribution is 0.0945. The standard InChI is InChI=1S/C16H14IN5O/c1-11-18-8-9-22(11)15-7-6-14(20-21-15)16(23)19-10-12-2-4-13(17)5-3-12/h2-9H,10H2,1H3,(H,19,23). The van der Waals surface area contributed by atoms with E-state index in [1.165, 1.54) is 0 Å². The first-order chi connectivity index (χ1) is 11.1. The number of amides is 1. The smallest absolute Gasteiger partial charge is 0.272 e. The third kappa shape index (κ3) is 3.73. The molecule has 3 aromatic rings. The van der Waals surface area contributed by atoms with Crippen molar-refractivity contribution in [2.45, 2.75) is 13.5 Å². The summed E-state index contributed by atoms with van der Waals surface area (Å²) in [7, 11) is 0. The third-order valence-corrected chi connectivity index (χ3v) is 4.04. The molecule has 0 aliphatic rings. The minimum atomic E-state index is -0.245. The van der Waals surface area contributed by atoms with Gasteiger partial charge in [-0.05, 0) is 59.3 Å². The fourth-order valence-electron chi connectivity index (χ4n) is 2.07. The summed E-state index contributed by atoms with van der Waals surface area (Å²) in [5.41, 5.74) is 1.33. The molecule has 116 valence electrons. The first-order valence-electron chi connectivity index (χ1n) is 7.00. The van der Waals surface area contributed by atoms with Gasteiger partial charge < -0.3 is 5.32 Å². The van der Waals surface area contributed by atoms with E-state index in [0.29, 0.717) is 12.4 Å². The highest BCUT2D eigenvalue weighted by molar-refractivity contribution is 14.1. The molecule has 0 aliphatic carbocycles. The average molecular weight is 419 g/mol. The summed E-state index contributed by atoms with van der Waals surface area (Å²) in [5, 5.41) is 10.9. The molecule has 0 aliphatic heterocycles. The zero-order chi connectivity index (χ0) is 16.2. The topological polar surface area (TPSA) is 72.7 Å². The summed E-state index contributed by atoms with van der Waals surface area (Å²) in [5.74, 6) is 1.20. The van der Waals surface area contributed by atoms with Gasteiger partial charge >= 0.3 is 0 Å². The van der Waals surface area contributed by atoms with Crippen molar-refractivity contribution in [2.75, 3.05) is 0 Å². The van der Waals surface area contributed by atoms with E-state index >= 15 is 0 Å². The van der Waals surface area contributed by atoms with Crippen LogP contribution in [0, 0.1) is 10.5 Å². The van der Waals surface area contributed by atoms with Gasteiger partial charge in [-0.1, -0.05) is 12.1 Å². The molecule has 7 heteroatoms. The van der Waals surface area contributed by atoms with Crippen molar-refractivity contribution in [1.29, 1.82) is 0 Å². The molecular formula is C16H14IN5O. The number of aryl methyl sites for hydroxylation is 1. The second-order valence-corrected chi connectivity index (χ2v) is 6.18. The molecule has 0 saturated heterocycles. The summed E-state index contributed by atoms with van der Waals surface area (Å²) < 4.78 is 2.97. The summed E-state index contributed by atoms with van der Waals surface area (Å²) in [6, 6.07) is 11.4. The van der Waals surface area contributed by atoms with E-state index in [2.05, 4.69) is 43.1 Å². The van der Waals surface area contributed by atoms with Gasteiger partial charge in [-0.25, -0.2) is 4.98 Å². The van der Waals surface area contributed by atoms with Gasteiger partial charge in [-0.15, -0.1) is 10.2 Å². The van der Waals surface area contributed by atoms with Crippen LogP contribution in [0.4, 0.5) is 0 Å². The van der Waals surface area contributed by atoms with Gasteiger partial charge in [0.2, 0.25) is 0 Å². The highest BCUT2D eigenvalue weighted by Crippen LogP contribution is 2.08. The Bertz CT molecular complexity index is 811. The lowest BCUT2D eigenvalue weighted by Gasteiger charge is -2.06. The number of halogens is 1. The van der Waals surface area contributed by atoms with Gasteiger partial charge in [0.15, 0.2) is 11.5 Å². The lowest BCUT2D eigenvalue weighted by Crippen LogP contribution is -2.24. The van der Waals surface area contributed by atoms with Crippen molar-refractivity contribution in [3.63, 3.8) is 0 Å². The Morgan fingerprint density at radius 1 is 1.17 bits per heavy atom. The number of rotatable bonds is 4. The highest BCUT2D eigenvalue weighted by Gasteiger charge is 2.09. The Labute approximate surface area is 147 Å². The molecule has 3 rings (SSSR count). The van der Waals surface area contributed by atoms with Crippen LogP contribution in [-0.4, -0.2) is 25.7 Å². The van der Waals surface area contributed by atoms with Crippen LogP contribution < -0.4 is 5.32 Å². The first kappa shape index (κ1) is 15.6. The van der Waals surface area contributed by atoms with E-state index in [4.69, 9.17) is 0 Å². The van der Waals surface area contributed by atoms with Crippen molar-refractivity contribution in [3.8, 4) is 5.82 Å². The van der Waals surface area contributed by atoms with Crippen molar-refractivity contribution < 1.29 is 4.79 Å². The maximum Gasteiger partial charge on any atom is 0.272 e. The van der Waals surface area contributed by atoms with Gasteiger partial charge in [-0.3, -0.25) is 9.36 Å². The van der Waals surface area contributed by atoms with Crippen molar-refractivity contribution in [2.24, 2.45) is 0 Å². The quantitative estimate of drug-likeness (QED) is 0.660. The largest absolute Gasteiger partial charge is 0.347 e. The van der Waals surface area contributed by atoms with Crippen LogP contribution in [0.15, 0.2) is 48.8 Å². The van der Waals surface area contributed by atoms with Gasteiger partial charge in [0.05, 0.1) is 0 Å². The number of nitrogens with zero attached hydrogens (tertiary/aromatic N) is 4. The van der Waals surface area contributed by atoms with E-state index in [1.54, 1.807) is 29.1 Å². The lowest BCUT2D eigenvalue weighted by atomic mass is 10.2. The monoisotopic (exact) mass is 419 g/mol. The van der Waals surface area contributed by atoms with Gasteiger partial charge in [-0.2, -0.15) is 0 Å². The van der Waals surface area contributed by atoms with E-state index in [9.17, 15) is 4.79 Å². The second kappa shape index (κ2) is 6.86. The van der Waals surface area contributed by atoms with Crippen LogP contribution in [0.25, 0.3) is 5.82 Å². The van der Waals surface area contributed by atoms with Crippen LogP contribution in [0.2, 0.25) is 0 Å². The molecule has 0 unspecified atom stereocenters. The Hall–Kier alpha value is -2.29. The average Bonchev–Trinajstić information content (AvgIpc) is 3.00. The highest BCUT2D eigenvalue weighted by atomic mass is 127. The summed E-state index contributed by atoms with van der Waals surface area (Å²) in [6.07, 6.45) is 3.49. The van der Waals surface area contributed by atoms with Gasteiger partial charge in [0.1, 0.15) is 5.82 Å². The molecule has 2 heterocycles. The van der Waals surface area contributed by atoms with Crippen LogP contribution >= 0.6 is 22.6 Å². The molecule has 0 bridgehead atoms. The van der Waals surface area contributed by atoms with Crippen molar-refractivity contribution >= 4 is 28.5 Å². The van der Waals surface area contributed by atoms with E-state index in [0.717, 1.165) is 15.0 Å². The summed E-state index contributed by atoms with van der Waals surface area (Å²) in [4.78, 5) is 16.3. The minimum Gasteiger partial charge on any atom is -0.347 e. The fraction of sp³-hybridized carbons (Fsp3) is 0.125. The number of nitrogens with one attached hydrogen (secondary N) is 1. The Kier molecular flexibility index (Phi) is 4.65. The predicted octanol–water partition coefficient (Wildman–Crippen LogP) is 2.51. The minimum absolute atomic E-state index is 0.245. The Balaban J connectivity index is 1.66. The number of carbonyl (C=O) groups is 1. The fourth-order valence-corrected chi connectivity index (χ4v) is 2.43. The van der Waals surface area contributed by atoms with Crippen LogP contribution in [0.3, 0.4) is 0 Å². The normalized spacial score (nSPS) is 10.5. The van der Waals surface area contributed by atoms with E-state index in [-0.39, 0.29) is 11.6 Å². The van der Waals surface area contributed by atoms with Gasteiger partial charge in [0.25, 0.3) is 5.91 Å².